The molecule has 1 atom stereocenters. The lowest BCUT2D eigenvalue weighted by Crippen LogP contribution is -2.30. The van der Waals surface area contributed by atoms with Crippen LogP contribution in [0.4, 0.5) is 5.82 Å². The topological polar surface area (TPSA) is 89.9 Å². The van der Waals surface area contributed by atoms with Crippen molar-refractivity contribution >= 4 is 21.5 Å². The van der Waals surface area contributed by atoms with E-state index in [1.54, 1.807) is 31.5 Å². The summed E-state index contributed by atoms with van der Waals surface area (Å²) in [5.41, 5.74) is 6.37. The molecule has 114 valence electrons. The molecule has 1 unspecified atom stereocenters. The molecule has 2 aromatic heterocycles. The first-order chi connectivity index (χ1) is 10.0. The van der Waals surface area contributed by atoms with Crippen LogP contribution in [0.15, 0.2) is 29.4 Å². The minimum Gasteiger partial charge on any atom is -0.384 e. The quantitative estimate of drug-likeness (QED) is 0.892. The highest BCUT2D eigenvalue weighted by atomic mass is 32.2. The lowest BCUT2D eigenvalue weighted by Gasteiger charge is -2.16. The van der Waals surface area contributed by atoms with E-state index in [0.717, 1.165) is 6.42 Å². The SMILES string of the molecule is COCC1CCN(S(=O)(=O)c2c(N)nc3ccccn23)C1. The van der Waals surface area contributed by atoms with Crippen LogP contribution >= 0.6 is 0 Å². The van der Waals surface area contributed by atoms with Crippen LogP contribution in [0.2, 0.25) is 0 Å². The number of methoxy groups -OCH3 is 1. The normalized spacial score (nSPS) is 20.3. The lowest BCUT2D eigenvalue weighted by atomic mass is 10.1. The van der Waals surface area contributed by atoms with Gasteiger partial charge in [-0.2, -0.15) is 4.31 Å². The van der Waals surface area contributed by atoms with Gasteiger partial charge in [0.2, 0.25) is 0 Å². The number of anilines is 1. The number of nitrogen functional groups attached to an aromatic ring is 1. The van der Waals surface area contributed by atoms with Crippen molar-refractivity contribution < 1.29 is 13.2 Å². The van der Waals surface area contributed by atoms with E-state index in [1.165, 1.54) is 8.71 Å². The number of nitrogens with zero attached hydrogens (tertiary/aromatic N) is 3. The Balaban J connectivity index is 2.00. The predicted octanol–water partition coefficient (Wildman–Crippen LogP) is 0.573. The standard InChI is InChI=1S/C13H18N4O3S/c1-20-9-10-5-7-16(8-10)21(18,19)13-12(14)15-11-4-2-3-6-17(11)13/h2-4,6,10H,5,7-9,14H2,1H3. The van der Waals surface area contributed by atoms with Crippen molar-refractivity contribution in [2.24, 2.45) is 5.92 Å². The highest BCUT2D eigenvalue weighted by Gasteiger charge is 2.36. The van der Waals surface area contributed by atoms with E-state index in [9.17, 15) is 8.42 Å². The van der Waals surface area contributed by atoms with Crippen LogP contribution in [0.5, 0.6) is 0 Å². The fraction of sp³-hybridized carbons (Fsp3) is 0.462. The van der Waals surface area contributed by atoms with E-state index in [1.807, 2.05) is 0 Å². The maximum atomic E-state index is 12.8. The van der Waals surface area contributed by atoms with E-state index in [2.05, 4.69) is 4.98 Å². The minimum absolute atomic E-state index is 0.0383. The number of imidazole rings is 1. The van der Waals surface area contributed by atoms with E-state index < -0.39 is 10.0 Å². The summed E-state index contributed by atoms with van der Waals surface area (Å²) in [5.74, 6) is 0.265. The Morgan fingerprint density at radius 3 is 3.05 bits per heavy atom. The van der Waals surface area contributed by atoms with E-state index in [-0.39, 0.29) is 16.8 Å². The third kappa shape index (κ3) is 2.39. The van der Waals surface area contributed by atoms with E-state index in [4.69, 9.17) is 10.5 Å². The van der Waals surface area contributed by atoms with Gasteiger partial charge in [-0.05, 0) is 24.5 Å². The average molecular weight is 310 g/mol. The molecular weight excluding hydrogens is 292 g/mol. The first-order valence-corrected chi connectivity index (χ1v) is 8.19. The van der Waals surface area contributed by atoms with Gasteiger partial charge in [-0.1, -0.05) is 6.07 Å². The molecule has 3 rings (SSSR count). The lowest BCUT2D eigenvalue weighted by molar-refractivity contribution is 0.157. The number of ether oxygens (including phenoxy) is 1. The first kappa shape index (κ1) is 14.3. The number of sulfonamides is 1. The second-order valence-electron chi connectivity index (χ2n) is 5.20. The van der Waals surface area contributed by atoms with Gasteiger partial charge in [0.25, 0.3) is 10.0 Å². The minimum atomic E-state index is -3.65. The van der Waals surface area contributed by atoms with Crippen LogP contribution in [0, 0.1) is 5.92 Å². The summed E-state index contributed by atoms with van der Waals surface area (Å²) >= 11 is 0. The molecule has 0 aromatic carbocycles. The fourth-order valence-electron chi connectivity index (χ4n) is 2.76. The number of aromatic nitrogens is 2. The molecule has 21 heavy (non-hydrogen) atoms. The summed E-state index contributed by atoms with van der Waals surface area (Å²) in [6.07, 6.45) is 2.46. The maximum absolute atomic E-state index is 12.8. The Bertz CT molecular complexity index is 756. The monoisotopic (exact) mass is 310 g/mol. The summed E-state index contributed by atoms with van der Waals surface area (Å²) in [4.78, 5) is 4.12. The molecule has 2 aromatic rings. The number of pyridine rings is 1. The molecular formula is C13H18N4O3S. The Labute approximate surface area is 123 Å². The zero-order chi connectivity index (χ0) is 15.0. The van der Waals surface area contributed by atoms with Gasteiger partial charge in [-0.15, -0.1) is 0 Å². The fourth-order valence-corrected chi connectivity index (χ4v) is 4.47. The summed E-state index contributed by atoms with van der Waals surface area (Å²) in [7, 11) is -2.03. The summed E-state index contributed by atoms with van der Waals surface area (Å²) in [5, 5.41) is 0.0520. The molecule has 0 bridgehead atoms. The van der Waals surface area contributed by atoms with Gasteiger partial charge >= 0.3 is 0 Å². The highest BCUT2D eigenvalue weighted by Crippen LogP contribution is 2.28. The molecule has 1 fully saturated rings. The third-order valence-electron chi connectivity index (χ3n) is 3.75. The average Bonchev–Trinajstić information content (AvgIpc) is 3.02. The van der Waals surface area contributed by atoms with Crippen molar-refractivity contribution in [1.82, 2.24) is 13.7 Å². The molecule has 1 saturated heterocycles. The molecule has 8 heteroatoms. The number of fused-ring (bicyclic) bond motifs is 1. The zero-order valence-corrected chi connectivity index (χ0v) is 12.6. The Kier molecular flexibility index (Phi) is 3.60. The van der Waals surface area contributed by atoms with Crippen LogP contribution < -0.4 is 5.73 Å². The number of rotatable bonds is 4. The van der Waals surface area contributed by atoms with E-state index in [0.29, 0.717) is 25.3 Å². The van der Waals surface area contributed by atoms with Crippen molar-refractivity contribution in [2.45, 2.75) is 11.4 Å². The van der Waals surface area contributed by atoms with Gasteiger partial charge in [-0.25, -0.2) is 13.4 Å². The molecule has 0 radical (unpaired) electrons. The van der Waals surface area contributed by atoms with Gasteiger partial charge in [0, 0.05) is 26.4 Å². The van der Waals surface area contributed by atoms with Crippen molar-refractivity contribution in [3.8, 4) is 0 Å². The smallest absolute Gasteiger partial charge is 0.262 e. The Morgan fingerprint density at radius 2 is 2.29 bits per heavy atom. The number of hydrogen-bond acceptors (Lipinski definition) is 5. The number of hydrogen-bond donors (Lipinski definition) is 1. The van der Waals surface area contributed by atoms with Crippen LogP contribution in [-0.2, 0) is 14.8 Å². The summed E-state index contributed by atoms with van der Waals surface area (Å²) < 4.78 is 33.7. The molecule has 0 amide bonds. The third-order valence-corrected chi connectivity index (χ3v) is 5.65. The molecule has 1 aliphatic heterocycles. The van der Waals surface area contributed by atoms with Gasteiger partial charge in [0.05, 0.1) is 6.61 Å². The second-order valence-corrected chi connectivity index (χ2v) is 7.06. The van der Waals surface area contributed by atoms with Gasteiger partial charge in [-0.3, -0.25) is 4.40 Å². The van der Waals surface area contributed by atoms with Gasteiger partial charge in [0.1, 0.15) is 5.65 Å². The highest BCUT2D eigenvalue weighted by molar-refractivity contribution is 7.89. The van der Waals surface area contributed by atoms with Crippen LogP contribution in [0.3, 0.4) is 0 Å². The van der Waals surface area contributed by atoms with Crippen LogP contribution in [-0.4, -0.2) is 48.9 Å². The molecule has 1 aliphatic rings. The Hall–Kier alpha value is -1.64. The summed E-state index contributed by atoms with van der Waals surface area (Å²) in [6, 6.07) is 5.28. The molecule has 0 saturated carbocycles. The molecule has 3 heterocycles. The van der Waals surface area contributed by atoms with Gasteiger partial charge < -0.3 is 10.5 Å². The van der Waals surface area contributed by atoms with Crippen molar-refractivity contribution in [2.75, 3.05) is 32.5 Å². The molecule has 2 N–H and O–H groups in total. The first-order valence-electron chi connectivity index (χ1n) is 6.75. The molecule has 0 aliphatic carbocycles. The zero-order valence-electron chi connectivity index (χ0n) is 11.8. The molecule has 0 spiro atoms. The summed E-state index contributed by atoms with van der Waals surface area (Å²) in [6.45, 7) is 1.50. The van der Waals surface area contributed by atoms with Crippen molar-refractivity contribution in [3.05, 3.63) is 24.4 Å². The predicted molar refractivity (Wildman–Crippen MR) is 78.3 cm³/mol. The molecule has 7 nitrogen and oxygen atoms in total. The van der Waals surface area contributed by atoms with Crippen LogP contribution in [0.25, 0.3) is 5.65 Å². The maximum Gasteiger partial charge on any atom is 0.262 e. The van der Waals surface area contributed by atoms with Crippen LogP contribution in [0.1, 0.15) is 6.42 Å². The largest absolute Gasteiger partial charge is 0.384 e. The van der Waals surface area contributed by atoms with Gasteiger partial charge in [0.15, 0.2) is 10.8 Å². The Morgan fingerprint density at radius 1 is 1.48 bits per heavy atom. The van der Waals surface area contributed by atoms with Crippen molar-refractivity contribution in [1.29, 1.82) is 0 Å². The van der Waals surface area contributed by atoms with E-state index >= 15 is 0 Å². The number of nitrogens with two attached hydrogens (primary N) is 1. The van der Waals surface area contributed by atoms with Crippen molar-refractivity contribution in [3.63, 3.8) is 0 Å². The second kappa shape index (κ2) is 5.28.